The molecule has 1 amide bonds. The molecular formula is C22H28N2O5. The molecule has 1 heterocycles. The summed E-state index contributed by atoms with van der Waals surface area (Å²) in [5.41, 5.74) is 1.44. The molecule has 0 fully saturated rings. The molecule has 0 spiro atoms. The summed E-state index contributed by atoms with van der Waals surface area (Å²) in [5.74, 6) is 2.53. The predicted molar refractivity (Wildman–Crippen MR) is 112 cm³/mol. The lowest BCUT2D eigenvalue weighted by Gasteiger charge is -2.18. The molecule has 1 aliphatic rings. The summed E-state index contributed by atoms with van der Waals surface area (Å²) in [7, 11) is 0. The summed E-state index contributed by atoms with van der Waals surface area (Å²) in [6.45, 7) is 7.34. The lowest BCUT2D eigenvalue weighted by molar-refractivity contribution is -0.116. The summed E-state index contributed by atoms with van der Waals surface area (Å²) < 4.78 is 22.2. The number of benzene rings is 2. The fourth-order valence-electron chi connectivity index (χ4n) is 2.79. The van der Waals surface area contributed by atoms with Crippen molar-refractivity contribution in [1.29, 1.82) is 0 Å². The van der Waals surface area contributed by atoms with E-state index < -0.39 is 6.04 Å². The Labute approximate surface area is 171 Å². The Hall–Kier alpha value is -3.09. The van der Waals surface area contributed by atoms with Gasteiger partial charge in [0, 0.05) is 23.5 Å². The van der Waals surface area contributed by atoms with Crippen molar-refractivity contribution < 1.29 is 23.7 Å². The van der Waals surface area contributed by atoms with Crippen LogP contribution in [0.25, 0.3) is 0 Å². The normalized spacial score (nSPS) is 12.9. The van der Waals surface area contributed by atoms with Gasteiger partial charge >= 0.3 is 0 Å². The van der Waals surface area contributed by atoms with Crippen molar-refractivity contribution in [3.05, 3.63) is 36.4 Å². The van der Waals surface area contributed by atoms with E-state index in [0.717, 1.165) is 18.5 Å². The van der Waals surface area contributed by atoms with E-state index in [2.05, 4.69) is 24.5 Å². The van der Waals surface area contributed by atoms with Gasteiger partial charge in [0.15, 0.2) is 23.0 Å². The molecule has 2 N–H and O–H groups in total. The van der Waals surface area contributed by atoms with Crippen LogP contribution in [0.15, 0.2) is 36.4 Å². The Kier molecular flexibility index (Phi) is 7.05. The summed E-state index contributed by atoms with van der Waals surface area (Å²) in [4.78, 5) is 12.6. The number of fused-ring (bicyclic) bond motifs is 1. The summed E-state index contributed by atoms with van der Waals surface area (Å²) >= 11 is 0. The van der Waals surface area contributed by atoms with Crippen molar-refractivity contribution in [3.63, 3.8) is 0 Å². The van der Waals surface area contributed by atoms with Gasteiger partial charge in [0.05, 0.1) is 13.2 Å². The van der Waals surface area contributed by atoms with E-state index in [4.69, 9.17) is 18.9 Å². The molecule has 7 nitrogen and oxygen atoms in total. The molecule has 2 aromatic rings. The van der Waals surface area contributed by atoms with Crippen molar-refractivity contribution in [1.82, 2.24) is 0 Å². The highest BCUT2D eigenvalue weighted by Gasteiger charge is 2.17. The number of rotatable bonds is 10. The second-order valence-electron chi connectivity index (χ2n) is 6.78. The minimum atomic E-state index is -0.457. The largest absolute Gasteiger partial charge is 0.490 e. The molecule has 1 atom stereocenters. The van der Waals surface area contributed by atoms with Crippen LogP contribution in [0, 0.1) is 0 Å². The van der Waals surface area contributed by atoms with E-state index in [9.17, 15) is 4.79 Å². The van der Waals surface area contributed by atoms with Crippen LogP contribution < -0.4 is 29.6 Å². The van der Waals surface area contributed by atoms with Crippen molar-refractivity contribution in [3.8, 4) is 23.0 Å². The Balaban J connectivity index is 1.63. The summed E-state index contributed by atoms with van der Waals surface area (Å²) in [6.07, 6.45) is 1.82. The molecule has 3 rings (SSSR count). The first-order chi connectivity index (χ1) is 14.1. The molecule has 0 aromatic heterocycles. The van der Waals surface area contributed by atoms with E-state index >= 15 is 0 Å². The van der Waals surface area contributed by atoms with Crippen LogP contribution in [-0.2, 0) is 4.79 Å². The number of hydrogen-bond donors (Lipinski definition) is 2. The number of carbonyl (C=O) groups excluding carboxylic acids is 1. The maximum Gasteiger partial charge on any atom is 0.246 e. The van der Waals surface area contributed by atoms with Crippen molar-refractivity contribution in [2.24, 2.45) is 0 Å². The quantitative estimate of drug-likeness (QED) is 0.614. The lowest BCUT2D eigenvalue weighted by Crippen LogP contribution is -2.31. The Morgan fingerprint density at radius 3 is 2.41 bits per heavy atom. The highest BCUT2D eigenvalue weighted by molar-refractivity contribution is 5.96. The first-order valence-corrected chi connectivity index (χ1v) is 9.97. The minimum absolute atomic E-state index is 0.161. The molecule has 0 bridgehead atoms. The second-order valence-corrected chi connectivity index (χ2v) is 6.78. The summed E-state index contributed by atoms with van der Waals surface area (Å²) in [5, 5.41) is 6.10. The number of carbonyl (C=O) groups is 1. The lowest BCUT2D eigenvalue weighted by atomic mass is 10.2. The first kappa shape index (κ1) is 20.6. The fourth-order valence-corrected chi connectivity index (χ4v) is 2.79. The number of ether oxygens (including phenoxy) is 4. The third-order valence-corrected chi connectivity index (χ3v) is 4.28. The first-order valence-electron chi connectivity index (χ1n) is 9.97. The Morgan fingerprint density at radius 1 is 0.966 bits per heavy atom. The Bertz CT molecular complexity index is 840. The van der Waals surface area contributed by atoms with Gasteiger partial charge in [0.25, 0.3) is 0 Å². The van der Waals surface area contributed by atoms with Gasteiger partial charge < -0.3 is 29.6 Å². The molecule has 0 saturated carbocycles. The highest BCUT2D eigenvalue weighted by atomic mass is 16.7. The second kappa shape index (κ2) is 9.91. The van der Waals surface area contributed by atoms with Crippen LogP contribution >= 0.6 is 0 Å². The SMILES string of the molecule is CCCOc1ccc(NC(C)C(=O)Nc2ccc3c(c2)OCO3)cc1OCCC. The number of amides is 1. The third-order valence-electron chi connectivity index (χ3n) is 4.28. The fraction of sp³-hybridized carbons (Fsp3) is 0.409. The van der Waals surface area contributed by atoms with Gasteiger partial charge in [-0.1, -0.05) is 13.8 Å². The molecular weight excluding hydrogens is 372 g/mol. The molecule has 0 radical (unpaired) electrons. The predicted octanol–water partition coefficient (Wildman–Crippen LogP) is 4.43. The zero-order valence-corrected chi connectivity index (χ0v) is 17.1. The minimum Gasteiger partial charge on any atom is -0.490 e. The molecule has 1 unspecified atom stereocenters. The number of hydrogen-bond acceptors (Lipinski definition) is 6. The van der Waals surface area contributed by atoms with E-state index in [1.54, 1.807) is 25.1 Å². The smallest absolute Gasteiger partial charge is 0.246 e. The number of nitrogens with one attached hydrogen (secondary N) is 2. The van der Waals surface area contributed by atoms with Crippen molar-refractivity contribution in [2.75, 3.05) is 30.6 Å². The van der Waals surface area contributed by atoms with E-state index in [0.29, 0.717) is 41.9 Å². The zero-order chi connectivity index (χ0) is 20.6. The number of anilines is 2. The van der Waals surface area contributed by atoms with Gasteiger partial charge in [-0.2, -0.15) is 0 Å². The average molecular weight is 400 g/mol. The van der Waals surface area contributed by atoms with Gasteiger partial charge in [-0.25, -0.2) is 0 Å². The van der Waals surface area contributed by atoms with Gasteiger partial charge in [0.1, 0.15) is 6.04 Å². The van der Waals surface area contributed by atoms with Crippen LogP contribution in [0.2, 0.25) is 0 Å². The monoisotopic (exact) mass is 400 g/mol. The average Bonchev–Trinajstić information content (AvgIpc) is 3.19. The van der Waals surface area contributed by atoms with Gasteiger partial charge in [0.2, 0.25) is 12.7 Å². The molecule has 2 aromatic carbocycles. The van der Waals surface area contributed by atoms with E-state index in [1.165, 1.54) is 0 Å². The molecule has 156 valence electrons. The third kappa shape index (κ3) is 5.47. The van der Waals surface area contributed by atoms with Gasteiger partial charge in [-0.15, -0.1) is 0 Å². The van der Waals surface area contributed by atoms with E-state index in [1.807, 2.05) is 18.2 Å². The van der Waals surface area contributed by atoms with Crippen molar-refractivity contribution >= 4 is 17.3 Å². The topological polar surface area (TPSA) is 78.1 Å². The molecule has 29 heavy (non-hydrogen) atoms. The molecule has 1 aliphatic heterocycles. The van der Waals surface area contributed by atoms with Crippen LogP contribution in [0.3, 0.4) is 0 Å². The Morgan fingerprint density at radius 2 is 1.66 bits per heavy atom. The van der Waals surface area contributed by atoms with E-state index in [-0.39, 0.29) is 12.7 Å². The molecule has 7 heteroatoms. The summed E-state index contributed by atoms with van der Waals surface area (Å²) in [6, 6.07) is 10.5. The standard InChI is InChI=1S/C22H28N2O5/c1-4-10-26-18-8-6-16(12-20(18)27-11-5-2)23-15(3)22(25)24-17-7-9-19-21(13-17)29-14-28-19/h6-9,12-13,15,23H,4-5,10-11,14H2,1-3H3,(H,24,25). The molecule has 0 saturated heterocycles. The van der Waals surface area contributed by atoms with Crippen LogP contribution in [0.1, 0.15) is 33.6 Å². The van der Waals surface area contributed by atoms with Crippen LogP contribution in [0.5, 0.6) is 23.0 Å². The highest BCUT2D eigenvalue weighted by Crippen LogP contribution is 2.34. The van der Waals surface area contributed by atoms with Gasteiger partial charge in [-0.3, -0.25) is 4.79 Å². The maximum absolute atomic E-state index is 12.6. The van der Waals surface area contributed by atoms with Crippen LogP contribution in [0.4, 0.5) is 11.4 Å². The maximum atomic E-state index is 12.6. The van der Waals surface area contributed by atoms with Gasteiger partial charge in [-0.05, 0) is 44.0 Å². The van der Waals surface area contributed by atoms with Crippen LogP contribution in [-0.4, -0.2) is 32.0 Å². The molecule has 0 aliphatic carbocycles. The van der Waals surface area contributed by atoms with Crippen molar-refractivity contribution in [2.45, 2.75) is 39.7 Å². The zero-order valence-electron chi connectivity index (χ0n) is 17.1.